The molecule has 0 aromatic carbocycles. The van der Waals surface area contributed by atoms with Gasteiger partial charge in [-0.1, -0.05) is 0 Å². The number of pyridine rings is 1. The smallest absolute Gasteiger partial charge is 0.252 e. The Labute approximate surface area is 94.2 Å². The number of hydrogen-bond acceptors (Lipinski definition) is 4. The van der Waals surface area contributed by atoms with Gasteiger partial charge < -0.3 is 16.8 Å². The van der Waals surface area contributed by atoms with Gasteiger partial charge in [-0.05, 0) is 30.9 Å². The van der Waals surface area contributed by atoms with Crippen LogP contribution in [0.1, 0.15) is 23.2 Å². The van der Waals surface area contributed by atoms with Crippen molar-refractivity contribution in [2.75, 3.05) is 11.9 Å². The fraction of sp³-hybridized carbons (Fsp3) is 0.455. The molecule has 5 heteroatoms. The minimum Gasteiger partial charge on any atom is -0.365 e. The fourth-order valence-electron chi connectivity index (χ4n) is 1.76. The molecule has 1 amide bonds. The minimum absolute atomic E-state index is 0.188. The van der Waals surface area contributed by atoms with Crippen molar-refractivity contribution in [3.63, 3.8) is 0 Å². The number of carbonyl (C=O) groups excluding carboxylic acids is 1. The van der Waals surface area contributed by atoms with Crippen molar-refractivity contribution in [1.82, 2.24) is 4.98 Å². The van der Waals surface area contributed by atoms with Gasteiger partial charge in [0.2, 0.25) is 0 Å². The zero-order valence-corrected chi connectivity index (χ0v) is 9.02. The van der Waals surface area contributed by atoms with E-state index in [4.69, 9.17) is 11.5 Å². The molecular weight excluding hydrogens is 204 g/mol. The van der Waals surface area contributed by atoms with Gasteiger partial charge in [-0.15, -0.1) is 0 Å². The standard InChI is InChI=1S/C11H16N4O/c12-6-9(7-3-4-7)15-11-8(10(13)16)2-1-5-14-11/h1-2,5,7,9H,3-4,6,12H2,(H2,13,16)(H,14,15). The van der Waals surface area contributed by atoms with E-state index in [1.807, 2.05) is 0 Å². The van der Waals surface area contributed by atoms with Crippen LogP contribution in [0.5, 0.6) is 0 Å². The summed E-state index contributed by atoms with van der Waals surface area (Å²) < 4.78 is 0. The number of nitrogens with zero attached hydrogens (tertiary/aromatic N) is 1. The van der Waals surface area contributed by atoms with Crippen molar-refractivity contribution in [2.24, 2.45) is 17.4 Å². The predicted octanol–water partition coefficient (Wildman–Crippen LogP) is 0.330. The number of amides is 1. The Morgan fingerprint density at radius 3 is 2.94 bits per heavy atom. The van der Waals surface area contributed by atoms with Gasteiger partial charge in [0.25, 0.3) is 5.91 Å². The highest BCUT2D eigenvalue weighted by molar-refractivity contribution is 5.97. The van der Waals surface area contributed by atoms with Gasteiger partial charge in [0.15, 0.2) is 0 Å². The summed E-state index contributed by atoms with van der Waals surface area (Å²) in [4.78, 5) is 15.3. The third kappa shape index (κ3) is 2.30. The first kappa shape index (κ1) is 10.9. The Balaban J connectivity index is 2.15. The van der Waals surface area contributed by atoms with E-state index in [9.17, 15) is 4.79 Å². The molecule has 0 radical (unpaired) electrons. The highest BCUT2D eigenvalue weighted by atomic mass is 16.1. The van der Waals surface area contributed by atoms with Gasteiger partial charge in [-0.2, -0.15) is 0 Å². The summed E-state index contributed by atoms with van der Waals surface area (Å²) in [6.45, 7) is 0.541. The Hall–Kier alpha value is -1.62. The molecule has 2 rings (SSSR count). The first-order valence-electron chi connectivity index (χ1n) is 5.43. The van der Waals surface area contributed by atoms with Gasteiger partial charge in [0.1, 0.15) is 5.82 Å². The number of hydrogen-bond donors (Lipinski definition) is 3. The Morgan fingerprint density at radius 1 is 1.62 bits per heavy atom. The zero-order chi connectivity index (χ0) is 11.5. The van der Waals surface area contributed by atoms with Crippen molar-refractivity contribution in [2.45, 2.75) is 18.9 Å². The summed E-state index contributed by atoms with van der Waals surface area (Å²) in [6, 6.07) is 3.55. The molecule has 0 saturated heterocycles. The molecule has 1 fully saturated rings. The van der Waals surface area contributed by atoms with Crippen molar-refractivity contribution < 1.29 is 4.79 Å². The van der Waals surface area contributed by atoms with Gasteiger partial charge in [-0.3, -0.25) is 4.79 Å². The van der Waals surface area contributed by atoms with Crippen LogP contribution in [-0.4, -0.2) is 23.5 Å². The second-order valence-corrected chi connectivity index (χ2v) is 4.09. The maximum atomic E-state index is 11.2. The number of nitrogens with one attached hydrogen (secondary N) is 1. The van der Waals surface area contributed by atoms with E-state index in [-0.39, 0.29) is 6.04 Å². The van der Waals surface area contributed by atoms with Gasteiger partial charge in [0.05, 0.1) is 5.56 Å². The van der Waals surface area contributed by atoms with Crippen LogP contribution in [0, 0.1) is 5.92 Å². The van der Waals surface area contributed by atoms with Gasteiger partial charge in [0, 0.05) is 18.8 Å². The molecule has 0 spiro atoms. The molecule has 16 heavy (non-hydrogen) atoms. The SMILES string of the molecule is NCC(Nc1ncccc1C(N)=O)C1CC1. The van der Waals surface area contributed by atoms with E-state index in [0.717, 1.165) is 0 Å². The topological polar surface area (TPSA) is 94.0 Å². The number of primary amides is 1. The quantitative estimate of drug-likeness (QED) is 0.666. The molecule has 0 bridgehead atoms. The van der Waals surface area contributed by atoms with E-state index in [1.165, 1.54) is 12.8 Å². The Kier molecular flexibility index (Phi) is 3.05. The average molecular weight is 220 g/mol. The molecule has 1 atom stereocenters. The number of anilines is 1. The predicted molar refractivity (Wildman–Crippen MR) is 61.9 cm³/mol. The number of carbonyl (C=O) groups is 1. The van der Waals surface area contributed by atoms with Crippen LogP contribution < -0.4 is 16.8 Å². The molecule has 86 valence electrons. The lowest BCUT2D eigenvalue weighted by Gasteiger charge is -2.17. The molecule has 1 aliphatic carbocycles. The van der Waals surface area contributed by atoms with Crippen LogP contribution in [0.3, 0.4) is 0 Å². The molecule has 1 aliphatic rings. The monoisotopic (exact) mass is 220 g/mol. The summed E-state index contributed by atoms with van der Waals surface area (Å²) >= 11 is 0. The first-order valence-corrected chi connectivity index (χ1v) is 5.43. The molecule has 1 unspecified atom stereocenters. The third-order valence-corrected chi connectivity index (χ3v) is 2.84. The van der Waals surface area contributed by atoms with E-state index in [1.54, 1.807) is 18.3 Å². The number of rotatable bonds is 5. The van der Waals surface area contributed by atoms with Crippen molar-refractivity contribution in [3.05, 3.63) is 23.9 Å². The molecule has 1 aromatic rings. The van der Waals surface area contributed by atoms with Crippen LogP contribution in [0.15, 0.2) is 18.3 Å². The van der Waals surface area contributed by atoms with Gasteiger partial charge >= 0.3 is 0 Å². The number of nitrogens with two attached hydrogens (primary N) is 2. The maximum Gasteiger partial charge on any atom is 0.252 e. The van der Waals surface area contributed by atoms with Crippen LogP contribution in [0.25, 0.3) is 0 Å². The molecule has 5 N–H and O–H groups in total. The molecule has 1 aromatic heterocycles. The van der Waals surface area contributed by atoms with E-state index < -0.39 is 5.91 Å². The zero-order valence-electron chi connectivity index (χ0n) is 9.02. The normalized spacial score (nSPS) is 16.8. The van der Waals surface area contributed by atoms with Crippen molar-refractivity contribution in [1.29, 1.82) is 0 Å². The first-order chi connectivity index (χ1) is 7.72. The highest BCUT2D eigenvalue weighted by Gasteiger charge is 2.30. The van der Waals surface area contributed by atoms with Crippen LogP contribution in [0.2, 0.25) is 0 Å². The number of aromatic nitrogens is 1. The molecule has 1 heterocycles. The highest BCUT2D eigenvalue weighted by Crippen LogP contribution is 2.33. The van der Waals surface area contributed by atoms with Crippen LogP contribution >= 0.6 is 0 Å². The average Bonchev–Trinajstić information content (AvgIpc) is 3.10. The van der Waals surface area contributed by atoms with E-state index in [2.05, 4.69) is 10.3 Å². The van der Waals surface area contributed by atoms with E-state index >= 15 is 0 Å². The molecule has 0 aliphatic heterocycles. The second-order valence-electron chi connectivity index (χ2n) is 4.09. The van der Waals surface area contributed by atoms with Crippen molar-refractivity contribution in [3.8, 4) is 0 Å². The van der Waals surface area contributed by atoms with E-state index in [0.29, 0.717) is 23.8 Å². The second kappa shape index (κ2) is 4.49. The summed E-state index contributed by atoms with van der Waals surface area (Å²) in [7, 11) is 0. The largest absolute Gasteiger partial charge is 0.365 e. The fourth-order valence-corrected chi connectivity index (χ4v) is 1.76. The Morgan fingerprint density at radius 2 is 2.38 bits per heavy atom. The molecular formula is C11H16N4O. The minimum atomic E-state index is -0.470. The lowest BCUT2D eigenvalue weighted by Crippen LogP contribution is -2.32. The molecule has 5 nitrogen and oxygen atoms in total. The lowest BCUT2D eigenvalue weighted by molar-refractivity contribution is 0.100. The van der Waals surface area contributed by atoms with Crippen LogP contribution in [0.4, 0.5) is 5.82 Å². The van der Waals surface area contributed by atoms with Crippen molar-refractivity contribution >= 4 is 11.7 Å². The molecule has 1 saturated carbocycles. The Bertz CT molecular complexity index is 389. The summed E-state index contributed by atoms with van der Waals surface area (Å²) in [6.07, 6.45) is 4.01. The maximum absolute atomic E-state index is 11.2. The van der Waals surface area contributed by atoms with Gasteiger partial charge in [-0.25, -0.2) is 4.98 Å². The lowest BCUT2D eigenvalue weighted by atomic mass is 10.1. The summed E-state index contributed by atoms with van der Waals surface area (Å²) in [5, 5.41) is 3.20. The summed E-state index contributed by atoms with van der Waals surface area (Å²) in [5.41, 5.74) is 11.4. The third-order valence-electron chi connectivity index (χ3n) is 2.84. The summed E-state index contributed by atoms with van der Waals surface area (Å²) in [5.74, 6) is 0.673. The van der Waals surface area contributed by atoms with Crippen LogP contribution in [-0.2, 0) is 0 Å².